The summed E-state index contributed by atoms with van der Waals surface area (Å²) in [5.74, 6) is 1.19. The van der Waals surface area contributed by atoms with Gasteiger partial charge in [-0.15, -0.1) is 0 Å². The minimum atomic E-state index is 0.344. The van der Waals surface area contributed by atoms with E-state index < -0.39 is 0 Å². The van der Waals surface area contributed by atoms with Crippen molar-refractivity contribution in [3.05, 3.63) is 17.7 Å². The summed E-state index contributed by atoms with van der Waals surface area (Å²) in [7, 11) is 1.84. The molecule has 13 heavy (non-hydrogen) atoms. The number of aromatic nitrogens is 2. The number of nitrogens with two attached hydrogens (primary N) is 1. The molecule has 1 rings (SSSR count). The van der Waals surface area contributed by atoms with Gasteiger partial charge in [-0.2, -0.15) is 0 Å². The van der Waals surface area contributed by atoms with E-state index in [-0.39, 0.29) is 0 Å². The Morgan fingerprint density at radius 3 is 2.69 bits per heavy atom. The van der Waals surface area contributed by atoms with Crippen molar-refractivity contribution in [2.45, 2.75) is 26.3 Å². The Hall–Kier alpha value is -1.16. The molecule has 3 N–H and O–H groups in total. The fourth-order valence-electron chi connectivity index (χ4n) is 1.08. The van der Waals surface area contributed by atoms with Gasteiger partial charge in [-0.1, -0.05) is 13.8 Å². The Bertz CT molecular complexity index is 283. The van der Waals surface area contributed by atoms with Crippen LogP contribution in [0, 0.1) is 0 Å². The first-order valence-corrected chi connectivity index (χ1v) is 4.42. The Kier molecular flexibility index (Phi) is 3.19. The van der Waals surface area contributed by atoms with E-state index in [9.17, 15) is 0 Å². The smallest absolute Gasteiger partial charge is 0.131 e. The van der Waals surface area contributed by atoms with E-state index in [0.717, 1.165) is 17.2 Å². The van der Waals surface area contributed by atoms with Crippen molar-refractivity contribution in [2.24, 2.45) is 5.73 Å². The quantitative estimate of drug-likeness (QED) is 0.731. The third-order valence-electron chi connectivity index (χ3n) is 1.87. The van der Waals surface area contributed by atoms with E-state index in [1.165, 1.54) is 0 Å². The first kappa shape index (κ1) is 9.92. The first-order valence-electron chi connectivity index (χ1n) is 4.42. The van der Waals surface area contributed by atoms with Crippen molar-refractivity contribution in [3.8, 4) is 0 Å². The van der Waals surface area contributed by atoms with Crippen LogP contribution < -0.4 is 11.1 Å². The molecular weight excluding hydrogens is 164 g/mol. The van der Waals surface area contributed by atoms with Gasteiger partial charge in [0.05, 0.1) is 17.6 Å². The first-order chi connectivity index (χ1) is 6.19. The monoisotopic (exact) mass is 180 g/mol. The summed E-state index contributed by atoms with van der Waals surface area (Å²) in [4.78, 5) is 8.59. The number of nitrogens with one attached hydrogen (secondary N) is 1. The molecule has 0 spiro atoms. The molecule has 0 saturated heterocycles. The Morgan fingerprint density at radius 2 is 2.23 bits per heavy atom. The second-order valence-electron chi connectivity index (χ2n) is 3.20. The van der Waals surface area contributed by atoms with E-state index in [0.29, 0.717) is 12.5 Å². The zero-order valence-corrected chi connectivity index (χ0v) is 8.33. The lowest BCUT2D eigenvalue weighted by Gasteiger charge is -2.09. The molecule has 0 aromatic carbocycles. The molecule has 0 unspecified atom stereocenters. The van der Waals surface area contributed by atoms with E-state index in [2.05, 4.69) is 29.1 Å². The van der Waals surface area contributed by atoms with Gasteiger partial charge in [0.1, 0.15) is 5.82 Å². The zero-order chi connectivity index (χ0) is 9.84. The Labute approximate surface area is 78.6 Å². The Morgan fingerprint density at radius 1 is 1.54 bits per heavy atom. The molecule has 72 valence electrons. The summed E-state index contributed by atoms with van der Waals surface area (Å²) in [6, 6.07) is 0. The van der Waals surface area contributed by atoms with Crippen molar-refractivity contribution in [1.29, 1.82) is 0 Å². The van der Waals surface area contributed by atoms with Gasteiger partial charge in [-0.3, -0.25) is 0 Å². The summed E-state index contributed by atoms with van der Waals surface area (Å²) < 4.78 is 0. The largest absolute Gasteiger partial charge is 0.385 e. The maximum Gasteiger partial charge on any atom is 0.131 e. The molecule has 0 aliphatic heterocycles. The molecule has 0 radical (unpaired) electrons. The number of rotatable bonds is 3. The van der Waals surface area contributed by atoms with Crippen molar-refractivity contribution in [1.82, 2.24) is 9.97 Å². The minimum Gasteiger partial charge on any atom is -0.385 e. The summed E-state index contributed by atoms with van der Waals surface area (Å²) in [5, 5.41) is 3.01. The van der Waals surface area contributed by atoms with Gasteiger partial charge in [0.15, 0.2) is 0 Å². The number of nitrogens with zero attached hydrogens (tertiary/aromatic N) is 2. The van der Waals surface area contributed by atoms with Crippen LogP contribution in [-0.4, -0.2) is 17.0 Å². The normalized spacial score (nSPS) is 10.5. The highest BCUT2D eigenvalue weighted by Gasteiger charge is 2.06. The van der Waals surface area contributed by atoms with Crippen molar-refractivity contribution in [2.75, 3.05) is 12.4 Å². The molecule has 0 aliphatic rings. The standard InChI is InChI=1S/C9H16N4/c1-6(2)9-12-5-8(11-3)7(4-10)13-9/h5-6,11H,4,10H2,1-3H3. The summed E-state index contributed by atoms with van der Waals surface area (Å²) in [6.45, 7) is 4.57. The average molecular weight is 180 g/mol. The van der Waals surface area contributed by atoms with E-state index in [1.807, 2.05) is 7.05 Å². The van der Waals surface area contributed by atoms with Crippen LogP contribution in [0.1, 0.15) is 31.3 Å². The third kappa shape index (κ3) is 2.15. The van der Waals surface area contributed by atoms with Crippen LogP contribution in [0.25, 0.3) is 0 Å². The highest BCUT2D eigenvalue weighted by molar-refractivity contribution is 5.45. The van der Waals surface area contributed by atoms with Gasteiger partial charge < -0.3 is 11.1 Å². The van der Waals surface area contributed by atoms with Gasteiger partial charge in [0.25, 0.3) is 0 Å². The molecular formula is C9H16N4. The predicted molar refractivity (Wildman–Crippen MR) is 53.6 cm³/mol. The Balaban J connectivity index is 3.05. The van der Waals surface area contributed by atoms with Crippen molar-refractivity contribution >= 4 is 5.69 Å². The number of hydrogen-bond acceptors (Lipinski definition) is 4. The zero-order valence-electron chi connectivity index (χ0n) is 8.33. The molecule has 0 atom stereocenters. The predicted octanol–water partition coefficient (Wildman–Crippen LogP) is 1.10. The lowest BCUT2D eigenvalue weighted by Crippen LogP contribution is -2.09. The average Bonchev–Trinajstić information content (AvgIpc) is 2.16. The molecule has 4 heteroatoms. The van der Waals surface area contributed by atoms with Gasteiger partial charge >= 0.3 is 0 Å². The summed E-state index contributed by atoms with van der Waals surface area (Å²) >= 11 is 0. The van der Waals surface area contributed by atoms with E-state index in [4.69, 9.17) is 5.73 Å². The molecule has 4 nitrogen and oxygen atoms in total. The van der Waals surface area contributed by atoms with Crippen LogP contribution in [-0.2, 0) is 6.54 Å². The molecule has 0 amide bonds. The summed E-state index contributed by atoms with van der Waals surface area (Å²) in [6.07, 6.45) is 1.78. The van der Waals surface area contributed by atoms with E-state index >= 15 is 0 Å². The topological polar surface area (TPSA) is 63.8 Å². The second kappa shape index (κ2) is 4.18. The van der Waals surface area contributed by atoms with Crippen molar-refractivity contribution in [3.63, 3.8) is 0 Å². The van der Waals surface area contributed by atoms with Crippen LogP contribution in [0.2, 0.25) is 0 Å². The fourth-order valence-corrected chi connectivity index (χ4v) is 1.08. The lowest BCUT2D eigenvalue weighted by atomic mass is 10.2. The van der Waals surface area contributed by atoms with Gasteiger partial charge in [0.2, 0.25) is 0 Å². The van der Waals surface area contributed by atoms with Crippen LogP contribution >= 0.6 is 0 Å². The molecule has 1 heterocycles. The van der Waals surface area contributed by atoms with Gasteiger partial charge in [-0.25, -0.2) is 9.97 Å². The van der Waals surface area contributed by atoms with Gasteiger partial charge in [-0.05, 0) is 0 Å². The summed E-state index contributed by atoms with van der Waals surface area (Å²) in [5.41, 5.74) is 7.35. The molecule has 0 bridgehead atoms. The fraction of sp³-hybridized carbons (Fsp3) is 0.556. The maximum absolute atomic E-state index is 5.56. The highest BCUT2D eigenvalue weighted by atomic mass is 15.0. The highest BCUT2D eigenvalue weighted by Crippen LogP contribution is 2.14. The van der Waals surface area contributed by atoms with Crippen LogP contribution in [0.5, 0.6) is 0 Å². The van der Waals surface area contributed by atoms with Crippen molar-refractivity contribution < 1.29 is 0 Å². The third-order valence-corrected chi connectivity index (χ3v) is 1.87. The maximum atomic E-state index is 5.56. The van der Waals surface area contributed by atoms with Crippen LogP contribution in [0.15, 0.2) is 6.20 Å². The van der Waals surface area contributed by atoms with Crippen LogP contribution in [0.3, 0.4) is 0 Å². The molecule has 1 aromatic rings. The molecule has 0 aliphatic carbocycles. The lowest BCUT2D eigenvalue weighted by molar-refractivity contribution is 0.757. The van der Waals surface area contributed by atoms with Crippen LogP contribution in [0.4, 0.5) is 5.69 Å². The molecule has 1 aromatic heterocycles. The number of anilines is 1. The number of hydrogen-bond donors (Lipinski definition) is 2. The second-order valence-corrected chi connectivity index (χ2v) is 3.20. The molecule has 0 fully saturated rings. The minimum absolute atomic E-state index is 0.344. The molecule has 0 saturated carbocycles. The van der Waals surface area contributed by atoms with E-state index in [1.54, 1.807) is 6.20 Å². The SMILES string of the molecule is CNc1cnc(C(C)C)nc1CN. The van der Waals surface area contributed by atoms with Gasteiger partial charge in [0, 0.05) is 19.5 Å².